The molecule has 1 aliphatic heterocycles. The summed E-state index contributed by atoms with van der Waals surface area (Å²) in [5, 5.41) is 11.9. The van der Waals surface area contributed by atoms with Crippen LogP contribution in [0.4, 0.5) is 4.39 Å². The van der Waals surface area contributed by atoms with E-state index in [1.807, 2.05) is 4.90 Å². The zero-order valence-corrected chi connectivity index (χ0v) is 19.7. The SMILES string of the molecule is Cc1c(-c2c[nH]n(-c3ccc(C(=O)N4CCN(C(C)C)[C@@H](C)C4)cn3)c2=O)ccc(C#N)c1F. The summed E-state index contributed by atoms with van der Waals surface area (Å²) in [5.74, 6) is -0.410. The number of amides is 1. The van der Waals surface area contributed by atoms with Crippen LogP contribution in [0.3, 0.4) is 0 Å². The lowest BCUT2D eigenvalue weighted by atomic mass is 10.0. The third kappa shape index (κ3) is 4.13. The van der Waals surface area contributed by atoms with Crippen molar-refractivity contribution in [3.63, 3.8) is 0 Å². The number of nitrogens with zero attached hydrogens (tertiary/aromatic N) is 5. The molecule has 4 rings (SSSR count). The molecule has 1 saturated heterocycles. The number of aromatic nitrogens is 3. The molecular weight excluding hydrogens is 435 g/mol. The van der Waals surface area contributed by atoms with Crippen molar-refractivity contribution in [1.29, 1.82) is 5.26 Å². The normalized spacial score (nSPS) is 16.6. The van der Waals surface area contributed by atoms with Crippen LogP contribution in [0.15, 0.2) is 41.5 Å². The summed E-state index contributed by atoms with van der Waals surface area (Å²) in [6.45, 7) is 10.1. The fourth-order valence-corrected chi connectivity index (χ4v) is 4.55. The van der Waals surface area contributed by atoms with Crippen LogP contribution in [0.25, 0.3) is 16.9 Å². The number of hydrogen-bond acceptors (Lipinski definition) is 5. The molecule has 1 N–H and O–H groups in total. The zero-order valence-electron chi connectivity index (χ0n) is 19.7. The Morgan fingerprint density at radius 3 is 2.62 bits per heavy atom. The number of carbonyl (C=O) groups excluding carboxylic acids is 1. The van der Waals surface area contributed by atoms with Gasteiger partial charge >= 0.3 is 0 Å². The van der Waals surface area contributed by atoms with Gasteiger partial charge in [0, 0.05) is 44.1 Å². The monoisotopic (exact) mass is 462 g/mol. The van der Waals surface area contributed by atoms with Gasteiger partial charge in [0.25, 0.3) is 11.5 Å². The molecule has 3 aromatic rings. The van der Waals surface area contributed by atoms with E-state index in [1.165, 1.54) is 30.1 Å². The van der Waals surface area contributed by atoms with Crippen molar-refractivity contribution in [3.8, 4) is 23.0 Å². The first-order valence-electron chi connectivity index (χ1n) is 11.2. The van der Waals surface area contributed by atoms with E-state index < -0.39 is 11.4 Å². The van der Waals surface area contributed by atoms with Crippen molar-refractivity contribution in [3.05, 3.63) is 69.5 Å². The van der Waals surface area contributed by atoms with Gasteiger partial charge < -0.3 is 4.90 Å². The van der Waals surface area contributed by atoms with Gasteiger partial charge in [0.15, 0.2) is 5.82 Å². The number of H-pyrrole nitrogens is 1. The summed E-state index contributed by atoms with van der Waals surface area (Å²) in [7, 11) is 0. The lowest BCUT2D eigenvalue weighted by Crippen LogP contribution is -2.55. The lowest BCUT2D eigenvalue weighted by molar-refractivity contribution is 0.0426. The topological polar surface area (TPSA) is 98.0 Å². The maximum Gasteiger partial charge on any atom is 0.280 e. The van der Waals surface area contributed by atoms with Crippen LogP contribution < -0.4 is 5.56 Å². The molecule has 1 fully saturated rings. The summed E-state index contributed by atoms with van der Waals surface area (Å²) in [5.41, 5.74) is 0.871. The Morgan fingerprint density at radius 2 is 2.00 bits per heavy atom. The molecule has 0 unspecified atom stereocenters. The molecule has 8 nitrogen and oxygen atoms in total. The zero-order chi connectivity index (χ0) is 24.6. The Balaban J connectivity index is 1.55. The van der Waals surface area contributed by atoms with Crippen LogP contribution in [-0.2, 0) is 0 Å². The molecule has 1 aliphatic rings. The third-order valence-corrected chi connectivity index (χ3v) is 6.42. The third-order valence-electron chi connectivity index (χ3n) is 6.42. The minimum Gasteiger partial charge on any atom is -0.336 e. The van der Waals surface area contributed by atoms with Crippen molar-refractivity contribution in [2.75, 3.05) is 19.6 Å². The number of hydrogen-bond donors (Lipinski definition) is 1. The highest BCUT2D eigenvalue weighted by molar-refractivity contribution is 5.94. The Labute approximate surface area is 197 Å². The molecule has 0 saturated carbocycles. The van der Waals surface area contributed by atoms with Gasteiger partial charge in [-0.2, -0.15) is 5.26 Å². The van der Waals surface area contributed by atoms with Crippen LogP contribution in [0.1, 0.15) is 42.3 Å². The van der Waals surface area contributed by atoms with E-state index in [0.29, 0.717) is 36.1 Å². The second-order valence-corrected chi connectivity index (χ2v) is 8.88. The standard InChI is InChI=1S/C25H27FN6O2/c1-15(2)31-10-9-30(14-16(31)3)24(33)19-6-8-22(28-12-19)32-25(34)21(13-29-32)20-7-5-18(11-27)23(26)17(20)4/h5-8,12-13,15-16,29H,9-10,14H2,1-4H3/t16-/m0/s1. The molecular formula is C25H27FN6O2. The van der Waals surface area contributed by atoms with Gasteiger partial charge in [0.05, 0.1) is 16.7 Å². The van der Waals surface area contributed by atoms with E-state index in [4.69, 9.17) is 5.26 Å². The maximum absolute atomic E-state index is 14.4. The molecule has 0 spiro atoms. The number of benzene rings is 1. The number of piperazine rings is 1. The van der Waals surface area contributed by atoms with Crippen molar-refractivity contribution >= 4 is 5.91 Å². The number of halogens is 1. The number of nitrogens with one attached hydrogen (secondary N) is 1. The molecule has 3 heterocycles. The minimum absolute atomic E-state index is 0.0703. The average molecular weight is 463 g/mol. The van der Waals surface area contributed by atoms with Gasteiger partial charge in [0.1, 0.15) is 11.9 Å². The number of pyridine rings is 1. The van der Waals surface area contributed by atoms with Crippen LogP contribution >= 0.6 is 0 Å². The smallest absolute Gasteiger partial charge is 0.280 e. The van der Waals surface area contributed by atoms with Gasteiger partial charge in [-0.3, -0.25) is 19.6 Å². The summed E-state index contributed by atoms with van der Waals surface area (Å²) in [4.78, 5) is 34.5. The first kappa shape index (κ1) is 23.4. The quantitative estimate of drug-likeness (QED) is 0.643. The van der Waals surface area contributed by atoms with Crippen molar-refractivity contribution in [2.45, 2.75) is 39.8 Å². The predicted octanol–water partition coefficient (Wildman–Crippen LogP) is 3.10. The van der Waals surface area contributed by atoms with E-state index in [9.17, 15) is 14.0 Å². The molecule has 1 amide bonds. The molecule has 0 bridgehead atoms. The van der Waals surface area contributed by atoms with E-state index in [2.05, 4.69) is 35.8 Å². The van der Waals surface area contributed by atoms with Crippen molar-refractivity contribution < 1.29 is 9.18 Å². The molecule has 9 heteroatoms. The molecule has 34 heavy (non-hydrogen) atoms. The highest BCUT2D eigenvalue weighted by atomic mass is 19.1. The van der Waals surface area contributed by atoms with Crippen LogP contribution in [0.5, 0.6) is 0 Å². The van der Waals surface area contributed by atoms with E-state index in [0.717, 1.165) is 6.54 Å². The second kappa shape index (κ2) is 9.23. The highest BCUT2D eigenvalue weighted by Crippen LogP contribution is 2.25. The van der Waals surface area contributed by atoms with Gasteiger partial charge in [-0.15, -0.1) is 0 Å². The molecule has 1 atom stereocenters. The number of carbonyl (C=O) groups is 1. The largest absolute Gasteiger partial charge is 0.336 e. The molecule has 0 aliphatic carbocycles. The van der Waals surface area contributed by atoms with Gasteiger partial charge in [-0.25, -0.2) is 14.1 Å². The first-order chi connectivity index (χ1) is 16.2. The van der Waals surface area contributed by atoms with Crippen LogP contribution in [0, 0.1) is 24.1 Å². The molecule has 176 valence electrons. The van der Waals surface area contributed by atoms with Gasteiger partial charge in [0.2, 0.25) is 0 Å². The highest BCUT2D eigenvalue weighted by Gasteiger charge is 2.28. The summed E-state index contributed by atoms with van der Waals surface area (Å²) in [6.07, 6.45) is 2.95. The maximum atomic E-state index is 14.4. The summed E-state index contributed by atoms with van der Waals surface area (Å²) < 4.78 is 15.6. The predicted molar refractivity (Wildman–Crippen MR) is 126 cm³/mol. The second-order valence-electron chi connectivity index (χ2n) is 8.88. The van der Waals surface area contributed by atoms with E-state index >= 15 is 0 Å². The van der Waals surface area contributed by atoms with Crippen LogP contribution in [-0.4, -0.2) is 62.2 Å². The van der Waals surface area contributed by atoms with Gasteiger partial charge in [-0.05, 0) is 57.0 Å². The first-order valence-corrected chi connectivity index (χ1v) is 11.2. The summed E-state index contributed by atoms with van der Waals surface area (Å²) >= 11 is 0. The Hall–Kier alpha value is -3.77. The van der Waals surface area contributed by atoms with E-state index in [-0.39, 0.29) is 28.6 Å². The average Bonchev–Trinajstić information content (AvgIpc) is 3.21. The Morgan fingerprint density at radius 1 is 1.24 bits per heavy atom. The number of aromatic amines is 1. The van der Waals surface area contributed by atoms with Crippen molar-refractivity contribution in [1.82, 2.24) is 24.6 Å². The fourth-order valence-electron chi connectivity index (χ4n) is 4.55. The van der Waals surface area contributed by atoms with Gasteiger partial charge in [-0.1, -0.05) is 6.07 Å². The Bertz CT molecular complexity index is 1320. The molecule has 0 radical (unpaired) electrons. The fraction of sp³-hybridized carbons (Fsp3) is 0.360. The van der Waals surface area contributed by atoms with Crippen LogP contribution in [0.2, 0.25) is 0 Å². The number of rotatable bonds is 4. The summed E-state index contributed by atoms with van der Waals surface area (Å²) in [6, 6.07) is 8.68. The number of nitriles is 1. The minimum atomic E-state index is -0.642. The molecule has 2 aromatic heterocycles. The van der Waals surface area contributed by atoms with Crippen molar-refractivity contribution in [2.24, 2.45) is 0 Å². The molecule has 1 aromatic carbocycles. The Kier molecular flexibility index (Phi) is 6.35. The van der Waals surface area contributed by atoms with E-state index in [1.54, 1.807) is 24.3 Å². The lowest BCUT2D eigenvalue weighted by Gasteiger charge is -2.42.